The van der Waals surface area contributed by atoms with E-state index in [9.17, 15) is 0 Å². The smallest absolute Gasteiger partial charge is 0.139 e. The molecule has 0 bridgehead atoms. The van der Waals surface area contributed by atoms with E-state index >= 15 is 0 Å². The average Bonchev–Trinajstić information content (AvgIpc) is 2.69. The number of imidazole rings is 1. The van der Waals surface area contributed by atoms with Crippen LogP contribution in [-0.4, -0.2) is 9.38 Å². The molecule has 3 rings (SSSR count). The number of hydrogen-bond acceptors (Lipinski definition) is 2. The molecule has 0 radical (unpaired) electrons. The van der Waals surface area contributed by atoms with Crippen LogP contribution < -0.4 is 5.73 Å². The lowest BCUT2D eigenvalue weighted by Crippen LogP contribution is -1.96. The van der Waals surface area contributed by atoms with E-state index < -0.39 is 0 Å². The van der Waals surface area contributed by atoms with Gasteiger partial charge in [0.1, 0.15) is 17.2 Å². The minimum atomic E-state index is 0.716. The summed E-state index contributed by atoms with van der Waals surface area (Å²) < 4.78 is 1.92. The molecule has 1 aliphatic carbocycles. The molecule has 80 valence electrons. The van der Waals surface area contributed by atoms with Crippen molar-refractivity contribution in [2.75, 3.05) is 5.73 Å². The number of pyridine rings is 1. The van der Waals surface area contributed by atoms with Crippen molar-refractivity contribution in [3.63, 3.8) is 0 Å². The third kappa shape index (κ3) is 1.33. The lowest BCUT2D eigenvalue weighted by Gasteiger charge is -2.04. The second-order valence-electron chi connectivity index (χ2n) is 3.91. The van der Waals surface area contributed by atoms with Crippen LogP contribution in [0.4, 0.5) is 5.82 Å². The van der Waals surface area contributed by atoms with Crippen molar-refractivity contribution in [1.29, 1.82) is 0 Å². The topological polar surface area (TPSA) is 43.3 Å². The van der Waals surface area contributed by atoms with Crippen LogP contribution in [-0.2, 0) is 0 Å². The Morgan fingerprint density at radius 1 is 1.25 bits per heavy atom. The molecule has 0 aromatic carbocycles. The molecule has 0 atom stereocenters. The van der Waals surface area contributed by atoms with Crippen molar-refractivity contribution >= 4 is 17.0 Å². The van der Waals surface area contributed by atoms with Gasteiger partial charge < -0.3 is 5.73 Å². The molecule has 0 saturated heterocycles. The predicted molar refractivity (Wildman–Crippen MR) is 66.0 cm³/mol. The summed E-state index contributed by atoms with van der Waals surface area (Å²) >= 11 is 0. The molecule has 16 heavy (non-hydrogen) atoms. The number of nitrogens with zero attached hydrogens (tertiary/aromatic N) is 2. The molecular formula is C13H13N3. The van der Waals surface area contributed by atoms with E-state index in [4.69, 9.17) is 5.73 Å². The van der Waals surface area contributed by atoms with Crippen LogP contribution in [0.25, 0.3) is 11.2 Å². The van der Waals surface area contributed by atoms with E-state index in [0.717, 1.165) is 29.8 Å². The van der Waals surface area contributed by atoms with Crippen molar-refractivity contribution < 1.29 is 0 Å². The maximum Gasteiger partial charge on any atom is 0.139 e. The van der Waals surface area contributed by atoms with Crippen molar-refractivity contribution in [2.45, 2.75) is 12.8 Å². The number of anilines is 1. The van der Waals surface area contributed by atoms with Gasteiger partial charge >= 0.3 is 0 Å². The van der Waals surface area contributed by atoms with Crippen molar-refractivity contribution in [2.24, 2.45) is 0 Å². The number of hydrogen-bond donors (Lipinski definition) is 1. The van der Waals surface area contributed by atoms with Crippen LogP contribution in [0.5, 0.6) is 0 Å². The molecular weight excluding hydrogens is 198 g/mol. The highest BCUT2D eigenvalue weighted by atomic mass is 15.1. The zero-order valence-corrected chi connectivity index (χ0v) is 8.93. The monoisotopic (exact) mass is 211 g/mol. The van der Waals surface area contributed by atoms with E-state index in [1.54, 1.807) is 0 Å². The van der Waals surface area contributed by atoms with Gasteiger partial charge in [-0.15, -0.1) is 0 Å². The summed E-state index contributed by atoms with van der Waals surface area (Å²) in [6.07, 6.45) is 10.6. The number of rotatable bonds is 1. The second kappa shape index (κ2) is 3.52. The second-order valence-corrected chi connectivity index (χ2v) is 3.91. The Balaban J connectivity index is 2.20. The fourth-order valence-electron chi connectivity index (χ4n) is 2.02. The fourth-order valence-corrected chi connectivity index (χ4v) is 2.02. The third-order valence-corrected chi connectivity index (χ3v) is 2.84. The van der Waals surface area contributed by atoms with Gasteiger partial charge in [0, 0.05) is 6.20 Å². The molecule has 3 heteroatoms. The maximum atomic E-state index is 6.10. The normalized spacial score (nSPS) is 15.4. The largest absolute Gasteiger partial charge is 0.383 e. The van der Waals surface area contributed by atoms with Gasteiger partial charge in [0.15, 0.2) is 0 Å². The van der Waals surface area contributed by atoms with E-state index in [1.807, 2.05) is 28.8 Å². The van der Waals surface area contributed by atoms with Crippen LogP contribution in [0.3, 0.4) is 0 Å². The molecule has 0 saturated carbocycles. The van der Waals surface area contributed by atoms with Gasteiger partial charge in [0.25, 0.3) is 0 Å². The lowest BCUT2D eigenvalue weighted by atomic mass is 10.0. The molecule has 2 aromatic heterocycles. The van der Waals surface area contributed by atoms with Gasteiger partial charge in [-0.1, -0.05) is 24.3 Å². The van der Waals surface area contributed by atoms with Crippen LogP contribution in [0.1, 0.15) is 18.5 Å². The van der Waals surface area contributed by atoms with Crippen molar-refractivity contribution in [3.05, 3.63) is 48.3 Å². The van der Waals surface area contributed by atoms with Gasteiger partial charge in [-0.3, -0.25) is 4.40 Å². The molecule has 2 N–H and O–H groups in total. The highest BCUT2D eigenvalue weighted by Gasteiger charge is 2.11. The summed E-state index contributed by atoms with van der Waals surface area (Å²) in [6, 6.07) is 5.89. The minimum Gasteiger partial charge on any atom is -0.383 e. The molecule has 0 unspecified atom stereocenters. The van der Waals surface area contributed by atoms with E-state index in [1.165, 1.54) is 0 Å². The molecule has 0 spiro atoms. The minimum absolute atomic E-state index is 0.716. The zero-order chi connectivity index (χ0) is 11.0. The molecule has 3 nitrogen and oxygen atoms in total. The first-order valence-corrected chi connectivity index (χ1v) is 5.46. The van der Waals surface area contributed by atoms with Crippen LogP contribution in [0, 0.1) is 0 Å². The quantitative estimate of drug-likeness (QED) is 0.788. The first kappa shape index (κ1) is 9.21. The summed E-state index contributed by atoms with van der Waals surface area (Å²) in [5.74, 6) is 0.716. The Morgan fingerprint density at radius 3 is 2.94 bits per heavy atom. The highest BCUT2D eigenvalue weighted by Crippen LogP contribution is 2.26. The molecule has 0 fully saturated rings. The molecule has 2 heterocycles. The highest BCUT2D eigenvalue weighted by molar-refractivity contribution is 5.80. The molecule has 1 aliphatic rings. The number of nitrogens with two attached hydrogens (primary N) is 1. The Labute approximate surface area is 93.9 Å². The molecule has 2 aromatic rings. The van der Waals surface area contributed by atoms with Gasteiger partial charge in [0.2, 0.25) is 0 Å². The van der Waals surface area contributed by atoms with Gasteiger partial charge in [0.05, 0.1) is 0 Å². The number of fused-ring (bicyclic) bond motifs is 1. The van der Waals surface area contributed by atoms with Crippen molar-refractivity contribution in [3.8, 4) is 0 Å². The number of allylic oxidation sites excluding steroid dienone is 4. The van der Waals surface area contributed by atoms with Crippen LogP contribution >= 0.6 is 0 Å². The lowest BCUT2D eigenvalue weighted by molar-refractivity contribution is 1.04. The third-order valence-electron chi connectivity index (χ3n) is 2.84. The van der Waals surface area contributed by atoms with Gasteiger partial charge in [-0.2, -0.15) is 0 Å². The van der Waals surface area contributed by atoms with Crippen LogP contribution in [0.15, 0.2) is 42.6 Å². The Bertz CT molecular complexity index is 590. The van der Waals surface area contributed by atoms with E-state index in [2.05, 4.69) is 23.2 Å². The first-order valence-electron chi connectivity index (χ1n) is 5.46. The Morgan fingerprint density at radius 2 is 2.19 bits per heavy atom. The average molecular weight is 211 g/mol. The van der Waals surface area contributed by atoms with Gasteiger partial charge in [-0.25, -0.2) is 4.98 Å². The number of aromatic nitrogens is 2. The maximum absolute atomic E-state index is 6.10. The summed E-state index contributed by atoms with van der Waals surface area (Å²) in [5, 5.41) is 0. The summed E-state index contributed by atoms with van der Waals surface area (Å²) in [6.45, 7) is 0. The standard InChI is InChI=1S/C13H13N3/c14-13-12(10-6-2-1-3-7-10)15-11-8-4-5-9-16(11)13/h2,4-9H,1,3,14H2. The van der Waals surface area contributed by atoms with Crippen molar-refractivity contribution in [1.82, 2.24) is 9.38 Å². The van der Waals surface area contributed by atoms with Gasteiger partial charge in [-0.05, 0) is 30.5 Å². The number of nitrogen functional groups attached to an aromatic ring is 1. The van der Waals surface area contributed by atoms with Crippen LogP contribution in [0.2, 0.25) is 0 Å². The summed E-state index contributed by atoms with van der Waals surface area (Å²) in [5.41, 5.74) is 9.02. The predicted octanol–water partition coefficient (Wildman–Crippen LogP) is 2.65. The van der Waals surface area contributed by atoms with E-state index in [-0.39, 0.29) is 0 Å². The molecule has 0 aliphatic heterocycles. The SMILES string of the molecule is Nc1c(C2=CCCC=C2)nc2ccccn12. The summed E-state index contributed by atoms with van der Waals surface area (Å²) in [7, 11) is 0. The Kier molecular flexibility index (Phi) is 2.03. The Hall–Kier alpha value is -2.03. The first-order chi connectivity index (χ1) is 7.86. The fraction of sp³-hybridized carbons (Fsp3) is 0.154. The summed E-state index contributed by atoms with van der Waals surface area (Å²) in [4.78, 5) is 4.55. The molecule has 0 amide bonds. The van der Waals surface area contributed by atoms with E-state index in [0.29, 0.717) is 5.82 Å². The zero-order valence-electron chi connectivity index (χ0n) is 8.93.